The molecule has 3 rings (SSSR count). The van der Waals surface area contributed by atoms with Gasteiger partial charge in [0, 0.05) is 4.47 Å². The lowest BCUT2D eigenvalue weighted by molar-refractivity contribution is 0.434. The molecule has 96 valence electrons. The molecule has 3 aromatic rings. The molecule has 0 aliphatic heterocycles. The first-order chi connectivity index (χ1) is 9.16. The summed E-state index contributed by atoms with van der Waals surface area (Å²) >= 11 is 3.45. The van der Waals surface area contributed by atoms with Crippen LogP contribution in [-0.2, 0) is 0 Å². The Kier molecular flexibility index (Phi) is 2.91. The van der Waals surface area contributed by atoms with Gasteiger partial charge in [0.1, 0.15) is 5.76 Å². The Balaban J connectivity index is 2.22. The van der Waals surface area contributed by atoms with Crippen molar-refractivity contribution in [2.45, 2.75) is 6.92 Å². The Morgan fingerprint density at radius 1 is 1.26 bits per heavy atom. The van der Waals surface area contributed by atoms with Crippen molar-refractivity contribution in [3.63, 3.8) is 0 Å². The highest BCUT2D eigenvalue weighted by molar-refractivity contribution is 9.10. The lowest BCUT2D eigenvalue weighted by Crippen LogP contribution is -1.89. The van der Waals surface area contributed by atoms with Crippen molar-refractivity contribution in [3.05, 3.63) is 46.8 Å². The van der Waals surface area contributed by atoms with E-state index in [1.807, 2.05) is 37.3 Å². The number of nitrogens with zero attached hydrogens (tertiary/aromatic N) is 1. The number of aromatic nitrogens is 1. The van der Waals surface area contributed by atoms with Gasteiger partial charge in [-0.05, 0) is 30.7 Å². The summed E-state index contributed by atoms with van der Waals surface area (Å²) in [5, 5.41) is 3.87. The number of hydrogen-bond acceptors (Lipinski definition) is 4. The highest BCUT2D eigenvalue weighted by Gasteiger charge is 2.20. The summed E-state index contributed by atoms with van der Waals surface area (Å²) in [5.41, 5.74) is 8.52. The minimum atomic E-state index is 0.369. The molecular formula is C14H11BrN2O2. The summed E-state index contributed by atoms with van der Waals surface area (Å²) in [4.78, 5) is 0. The SMILES string of the molecule is Cc1occc1-c1onc(N)c1-c1cccc(Br)c1. The number of anilines is 1. The molecule has 0 fully saturated rings. The molecule has 0 unspecified atom stereocenters. The molecule has 0 radical (unpaired) electrons. The van der Waals surface area contributed by atoms with Crippen molar-refractivity contribution in [2.24, 2.45) is 0 Å². The average molecular weight is 319 g/mol. The topological polar surface area (TPSA) is 65.2 Å². The summed E-state index contributed by atoms with van der Waals surface area (Å²) in [6, 6.07) is 9.68. The second kappa shape index (κ2) is 4.59. The third-order valence-electron chi connectivity index (χ3n) is 2.94. The molecule has 4 nitrogen and oxygen atoms in total. The van der Waals surface area contributed by atoms with E-state index < -0.39 is 0 Å². The highest BCUT2D eigenvalue weighted by Crippen LogP contribution is 2.38. The predicted molar refractivity (Wildman–Crippen MR) is 76.5 cm³/mol. The Labute approximate surface area is 118 Å². The Morgan fingerprint density at radius 2 is 2.11 bits per heavy atom. The second-order valence-corrected chi connectivity index (χ2v) is 5.09. The average Bonchev–Trinajstić information content (AvgIpc) is 2.95. The lowest BCUT2D eigenvalue weighted by atomic mass is 10.0. The van der Waals surface area contributed by atoms with E-state index in [9.17, 15) is 0 Å². The summed E-state index contributed by atoms with van der Waals surface area (Å²) < 4.78 is 11.6. The molecule has 0 aliphatic rings. The van der Waals surface area contributed by atoms with Gasteiger partial charge in [0.15, 0.2) is 11.6 Å². The fourth-order valence-corrected chi connectivity index (χ4v) is 2.43. The predicted octanol–water partition coefficient (Wildman–Crippen LogP) is 4.25. The second-order valence-electron chi connectivity index (χ2n) is 4.17. The number of nitrogens with two attached hydrogens (primary N) is 1. The Hall–Kier alpha value is -2.01. The van der Waals surface area contributed by atoms with Gasteiger partial charge in [-0.3, -0.25) is 0 Å². The molecule has 0 atom stereocenters. The van der Waals surface area contributed by atoms with Crippen LogP contribution >= 0.6 is 15.9 Å². The number of halogens is 1. The molecule has 0 aliphatic carbocycles. The van der Waals surface area contributed by atoms with Gasteiger partial charge in [0.05, 0.1) is 17.4 Å². The zero-order valence-corrected chi connectivity index (χ0v) is 11.8. The van der Waals surface area contributed by atoms with Crippen LogP contribution in [0.4, 0.5) is 5.82 Å². The summed E-state index contributed by atoms with van der Waals surface area (Å²) in [6.07, 6.45) is 1.62. The van der Waals surface area contributed by atoms with Crippen LogP contribution in [0.15, 0.2) is 50.0 Å². The standard InChI is InChI=1S/C14H11BrN2O2/c1-8-11(5-6-18-8)13-12(14(16)17-19-13)9-3-2-4-10(15)7-9/h2-7H,1H3,(H2,16,17). The number of hydrogen-bond donors (Lipinski definition) is 1. The number of aryl methyl sites for hydroxylation is 1. The zero-order chi connectivity index (χ0) is 13.4. The smallest absolute Gasteiger partial charge is 0.180 e. The molecule has 1 aromatic carbocycles. The van der Waals surface area contributed by atoms with E-state index in [0.29, 0.717) is 11.6 Å². The first-order valence-corrected chi connectivity index (χ1v) is 6.51. The highest BCUT2D eigenvalue weighted by atomic mass is 79.9. The van der Waals surface area contributed by atoms with Crippen molar-refractivity contribution >= 4 is 21.7 Å². The molecular weight excluding hydrogens is 308 g/mol. The van der Waals surface area contributed by atoms with Crippen LogP contribution in [0.3, 0.4) is 0 Å². The van der Waals surface area contributed by atoms with Gasteiger partial charge in [-0.2, -0.15) is 0 Å². The van der Waals surface area contributed by atoms with Crippen LogP contribution in [0.5, 0.6) is 0 Å². The maximum absolute atomic E-state index is 5.93. The molecule has 0 spiro atoms. The van der Waals surface area contributed by atoms with E-state index in [4.69, 9.17) is 14.7 Å². The maximum atomic E-state index is 5.93. The fourth-order valence-electron chi connectivity index (χ4n) is 2.03. The Morgan fingerprint density at radius 3 is 2.79 bits per heavy atom. The Bertz CT molecular complexity index is 731. The van der Waals surface area contributed by atoms with Gasteiger partial charge in [-0.1, -0.05) is 33.2 Å². The molecule has 2 N–H and O–H groups in total. The lowest BCUT2D eigenvalue weighted by Gasteiger charge is -2.02. The van der Waals surface area contributed by atoms with Crippen LogP contribution in [0, 0.1) is 6.92 Å². The van der Waals surface area contributed by atoms with E-state index in [0.717, 1.165) is 26.9 Å². The fraction of sp³-hybridized carbons (Fsp3) is 0.0714. The number of nitrogen functional groups attached to an aromatic ring is 1. The van der Waals surface area contributed by atoms with Crippen LogP contribution in [0.2, 0.25) is 0 Å². The molecule has 2 heterocycles. The summed E-state index contributed by atoms with van der Waals surface area (Å²) in [7, 11) is 0. The number of furan rings is 1. The van der Waals surface area contributed by atoms with Gasteiger partial charge in [-0.25, -0.2) is 0 Å². The summed E-state index contributed by atoms with van der Waals surface area (Å²) in [5.74, 6) is 1.77. The maximum Gasteiger partial charge on any atom is 0.180 e. The first kappa shape index (κ1) is 12.0. The quantitative estimate of drug-likeness (QED) is 0.766. The van der Waals surface area contributed by atoms with Crippen LogP contribution in [0.25, 0.3) is 22.5 Å². The molecule has 0 saturated carbocycles. The third kappa shape index (κ3) is 2.06. The molecule has 0 bridgehead atoms. The van der Waals surface area contributed by atoms with Crippen LogP contribution in [-0.4, -0.2) is 5.16 Å². The van der Waals surface area contributed by atoms with E-state index in [1.54, 1.807) is 6.26 Å². The third-order valence-corrected chi connectivity index (χ3v) is 3.43. The van der Waals surface area contributed by atoms with Crippen molar-refractivity contribution in [3.8, 4) is 22.5 Å². The van der Waals surface area contributed by atoms with E-state index >= 15 is 0 Å². The zero-order valence-electron chi connectivity index (χ0n) is 10.2. The minimum Gasteiger partial charge on any atom is -0.469 e. The van der Waals surface area contributed by atoms with Crippen molar-refractivity contribution in [1.82, 2.24) is 5.16 Å². The van der Waals surface area contributed by atoms with Crippen molar-refractivity contribution in [1.29, 1.82) is 0 Å². The van der Waals surface area contributed by atoms with Crippen molar-refractivity contribution in [2.75, 3.05) is 5.73 Å². The minimum absolute atomic E-state index is 0.369. The molecule has 2 aromatic heterocycles. The van der Waals surface area contributed by atoms with E-state index in [-0.39, 0.29) is 0 Å². The van der Waals surface area contributed by atoms with Crippen molar-refractivity contribution < 1.29 is 8.94 Å². The van der Waals surface area contributed by atoms with Crippen LogP contribution < -0.4 is 5.73 Å². The largest absolute Gasteiger partial charge is 0.469 e. The van der Waals surface area contributed by atoms with E-state index in [1.165, 1.54) is 0 Å². The molecule has 0 saturated heterocycles. The normalized spacial score (nSPS) is 10.8. The van der Waals surface area contributed by atoms with Crippen LogP contribution in [0.1, 0.15) is 5.76 Å². The molecule has 5 heteroatoms. The van der Waals surface area contributed by atoms with Gasteiger partial charge in [-0.15, -0.1) is 0 Å². The number of rotatable bonds is 2. The van der Waals surface area contributed by atoms with Gasteiger partial charge >= 0.3 is 0 Å². The first-order valence-electron chi connectivity index (χ1n) is 5.72. The summed E-state index contributed by atoms with van der Waals surface area (Å²) in [6.45, 7) is 1.87. The monoisotopic (exact) mass is 318 g/mol. The van der Waals surface area contributed by atoms with Gasteiger partial charge < -0.3 is 14.7 Å². The molecule has 19 heavy (non-hydrogen) atoms. The number of benzene rings is 1. The van der Waals surface area contributed by atoms with Gasteiger partial charge in [0.25, 0.3) is 0 Å². The molecule has 0 amide bonds. The van der Waals surface area contributed by atoms with E-state index in [2.05, 4.69) is 21.1 Å². The van der Waals surface area contributed by atoms with Gasteiger partial charge in [0.2, 0.25) is 0 Å².